The average molecular weight is 460 g/mol. The third kappa shape index (κ3) is 5.28. The van der Waals surface area contributed by atoms with Crippen LogP contribution in [0.2, 0.25) is 0 Å². The topological polar surface area (TPSA) is 78.9 Å². The van der Waals surface area contributed by atoms with Gasteiger partial charge in [0.25, 0.3) is 5.91 Å². The van der Waals surface area contributed by atoms with E-state index in [2.05, 4.69) is 45.0 Å². The predicted octanol–water partition coefficient (Wildman–Crippen LogP) is 6.99. The molecule has 2 heterocycles. The van der Waals surface area contributed by atoms with E-state index in [1.54, 1.807) is 18.6 Å². The van der Waals surface area contributed by atoms with E-state index in [0.717, 1.165) is 44.9 Å². The Hall–Kier alpha value is -4.71. The number of hydrogen-bond acceptors (Lipinski definition) is 5. The number of anilines is 5. The Morgan fingerprint density at radius 2 is 1.40 bits per heavy atom. The van der Waals surface area contributed by atoms with Gasteiger partial charge in [0.05, 0.1) is 5.52 Å². The molecule has 0 unspecified atom stereocenters. The zero-order chi connectivity index (χ0) is 24.2. The second-order valence-electron chi connectivity index (χ2n) is 8.48. The SMILES string of the molecule is Cc1cc(NC(=O)c2ccc(Nc3ccnc4ccc(C)cc34)cc2)cc(Nc2ccncc2)c1. The fourth-order valence-electron chi connectivity index (χ4n) is 3.96. The van der Waals surface area contributed by atoms with E-state index in [4.69, 9.17) is 0 Å². The standard InChI is InChI=1S/C29H25N5O/c1-19-3-8-27-26(17-19)28(11-14-31-27)33-22-6-4-21(5-7-22)29(35)34-25-16-20(2)15-24(18-25)32-23-9-12-30-13-10-23/h3-18H,1-2H3,(H,30,32)(H,31,33)(H,34,35). The summed E-state index contributed by atoms with van der Waals surface area (Å²) in [6.07, 6.45) is 5.26. The number of aromatic nitrogens is 2. The summed E-state index contributed by atoms with van der Waals surface area (Å²) >= 11 is 0. The largest absolute Gasteiger partial charge is 0.355 e. The van der Waals surface area contributed by atoms with Crippen LogP contribution < -0.4 is 16.0 Å². The number of nitrogens with zero attached hydrogens (tertiary/aromatic N) is 2. The molecule has 3 aromatic carbocycles. The number of benzene rings is 3. The molecule has 35 heavy (non-hydrogen) atoms. The Balaban J connectivity index is 1.30. The van der Waals surface area contributed by atoms with Crippen molar-refractivity contribution in [2.45, 2.75) is 13.8 Å². The Kier molecular flexibility index (Phi) is 6.09. The van der Waals surface area contributed by atoms with Crippen molar-refractivity contribution < 1.29 is 4.79 Å². The normalized spacial score (nSPS) is 10.7. The maximum atomic E-state index is 12.9. The van der Waals surface area contributed by atoms with Gasteiger partial charge < -0.3 is 16.0 Å². The fourth-order valence-corrected chi connectivity index (χ4v) is 3.96. The van der Waals surface area contributed by atoms with E-state index in [1.165, 1.54) is 5.56 Å². The summed E-state index contributed by atoms with van der Waals surface area (Å²) in [5, 5.41) is 10.8. The number of carbonyl (C=O) groups is 1. The summed E-state index contributed by atoms with van der Waals surface area (Å²) in [7, 11) is 0. The highest BCUT2D eigenvalue weighted by molar-refractivity contribution is 6.05. The molecule has 5 aromatic rings. The van der Waals surface area contributed by atoms with Crippen molar-refractivity contribution in [1.29, 1.82) is 0 Å². The van der Waals surface area contributed by atoms with Gasteiger partial charge in [-0.1, -0.05) is 11.6 Å². The molecule has 0 radical (unpaired) electrons. The van der Waals surface area contributed by atoms with Crippen LogP contribution in [0.1, 0.15) is 21.5 Å². The summed E-state index contributed by atoms with van der Waals surface area (Å²) in [5.74, 6) is -0.165. The van der Waals surface area contributed by atoms with Crippen LogP contribution in [0.3, 0.4) is 0 Å². The number of fused-ring (bicyclic) bond motifs is 1. The number of aryl methyl sites for hydroxylation is 2. The minimum absolute atomic E-state index is 0.165. The average Bonchev–Trinajstić information content (AvgIpc) is 2.85. The quantitative estimate of drug-likeness (QED) is 0.255. The number of rotatable bonds is 6. The van der Waals surface area contributed by atoms with E-state index in [9.17, 15) is 4.79 Å². The Morgan fingerprint density at radius 3 is 2.20 bits per heavy atom. The lowest BCUT2D eigenvalue weighted by molar-refractivity contribution is 0.102. The van der Waals surface area contributed by atoms with Crippen molar-refractivity contribution in [2.75, 3.05) is 16.0 Å². The van der Waals surface area contributed by atoms with Crippen molar-refractivity contribution in [1.82, 2.24) is 9.97 Å². The molecule has 0 fully saturated rings. The van der Waals surface area contributed by atoms with Crippen molar-refractivity contribution in [3.63, 3.8) is 0 Å². The van der Waals surface area contributed by atoms with E-state index in [1.807, 2.05) is 73.7 Å². The Bertz CT molecular complexity index is 1500. The second kappa shape index (κ2) is 9.65. The molecular weight excluding hydrogens is 434 g/mol. The fraction of sp³-hybridized carbons (Fsp3) is 0.0690. The van der Waals surface area contributed by atoms with Crippen LogP contribution in [0.4, 0.5) is 28.4 Å². The van der Waals surface area contributed by atoms with Crippen molar-refractivity contribution in [3.05, 3.63) is 114 Å². The highest BCUT2D eigenvalue weighted by atomic mass is 16.1. The first-order valence-corrected chi connectivity index (χ1v) is 11.4. The summed E-state index contributed by atoms with van der Waals surface area (Å²) < 4.78 is 0. The number of pyridine rings is 2. The molecule has 0 aliphatic heterocycles. The molecule has 1 amide bonds. The third-order valence-electron chi connectivity index (χ3n) is 5.63. The molecule has 2 aromatic heterocycles. The van der Waals surface area contributed by atoms with Crippen LogP contribution in [-0.4, -0.2) is 15.9 Å². The molecule has 0 atom stereocenters. The summed E-state index contributed by atoms with van der Waals surface area (Å²) in [6, 6.07) is 25.3. The van der Waals surface area contributed by atoms with Crippen molar-refractivity contribution in [2.24, 2.45) is 0 Å². The molecule has 0 saturated heterocycles. The molecule has 0 saturated carbocycles. The smallest absolute Gasteiger partial charge is 0.255 e. The molecule has 0 aliphatic carbocycles. The first-order valence-electron chi connectivity index (χ1n) is 11.4. The molecule has 172 valence electrons. The maximum Gasteiger partial charge on any atom is 0.255 e. The van der Waals surface area contributed by atoms with Crippen LogP contribution in [0.15, 0.2) is 97.5 Å². The molecule has 0 bridgehead atoms. The number of amides is 1. The molecule has 5 rings (SSSR count). The zero-order valence-corrected chi connectivity index (χ0v) is 19.5. The second-order valence-corrected chi connectivity index (χ2v) is 8.48. The van der Waals surface area contributed by atoms with Gasteiger partial charge in [0, 0.05) is 58.0 Å². The van der Waals surface area contributed by atoms with Crippen molar-refractivity contribution in [3.8, 4) is 0 Å². The van der Waals surface area contributed by atoms with Crippen LogP contribution >= 0.6 is 0 Å². The molecule has 0 aliphatic rings. The lowest BCUT2D eigenvalue weighted by Crippen LogP contribution is -2.12. The predicted molar refractivity (Wildman–Crippen MR) is 143 cm³/mol. The van der Waals surface area contributed by atoms with E-state index >= 15 is 0 Å². The van der Waals surface area contributed by atoms with Gasteiger partial charge in [0.2, 0.25) is 0 Å². The lowest BCUT2D eigenvalue weighted by atomic mass is 10.1. The molecule has 6 nitrogen and oxygen atoms in total. The molecule has 3 N–H and O–H groups in total. The van der Waals surface area contributed by atoms with Gasteiger partial charge in [-0.2, -0.15) is 0 Å². The van der Waals surface area contributed by atoms with E-state index in [0.29, 0.717) is 5.56 Å². The number of nitrogens with one attached hydrogen (secondary N) is 3. The van der Waals surface area contributed by atoms with E-state index < -0.39 is 0 Å². The minimum Gasteiger partial charge on any atom is -0.355 e. The first kappa shape index (κ1) is 22.1. The van der Waals surface area contributed by atoms with Gasteiger partial charge in [-0.3, -0.25) is 14.8 Å². The molecule has 6 heteroatoms. The van der Waals surface area contributed by atoms with Gasteiger partial charge in [0.1, 0.15) is 0 Å². The Labute approximate surface area is 204 Å². The van der Waals surface area contributed by atoms with Crippen LogP contribution in [-0.2, 0) is 0 Å². The van der Waals surface area contributed by atoms with Crippen LogP contribution in [0, 0.1) is 13.8 Å². The summed E-state index contributed by atoms with van der Waals surface area (Å²) in [6.45, 7) is 4.06. The zero-order valence-electron chi connectivity index (χ0n) is 19.5. The van der Waals surface area contributed by atoms with Gasteiger partial charge >= 0.3 is 0 Å². The van der Waals surface area contributed by atoms with Crippen LogP contribution in [0.25, 0.3) is 10.9 Å². The van der Waals surface area contributed by atoms with Gasteiger partial charge in [0.15, 0.2) is 0 Å². The van der Waals surface area contributed by atoms with Crippen LogP contribution in [0.5, 0.6) is 0 Å². The minimum atomic E-state index is -0.165. The highest BCUT2D eigenvalue weighted by Crippen LogP contribution is 2.27. The lowest BCUT2D eigenvalue weighted by Gasteiger charge is -2.12. The Morgan fingerprint density at radius 1 is 0.657 bits per heavy atom. The molecular formula is C29H25N5O. The highest BCUT2D eigenvalue weighted by Gasteiger charge is 2.09. The van der Waals surface area contributed by atoms with Gasteiger partial charge in [-0.15, -0.1) is 0 Å². The van der Waals surface area contributed by atoms with Gasteiger partial charge in [-0.05, 0) is 92.2 Å². The number of carbonyl (C=O) groups excluding carboxylic acids is 1. The van der Waals surface area contributed by atoms with Gasteiger partial charge in [-0.25, -0.2) is 0 Å². The maximum absolute atomic E-state index is 12.9. The number of hydrogen-bond donors (Lipinski definition) is 3. The summed E-state index contributed by atoms with van der Waals surface area (Å²) in [5.41, 5.74) is 8.17. The van der Waals surface area contributed by atoms with Crippen molar-refractivity contribution >= 4 is 45.2 Å². The third-order valence-corrected chi connectivity index (χ3v) is 5.63. The first-order chi connectivity index (χ1) is 17.0. The van der Waals surface area contributed by atoms with E-state index in [-0.39, 0.29) is 5.91 Å². The molecule has 0 spiro atoms. The monoisotopic (exact) mass is 459 g/mol. The summed E-state index contributed by atoms with van der Waals surface area (Å²) in [4.78, 5) is 21.4.